The molecule has 0 saturated carbocycles. The van der Waals surface area contributed by atoms with E-state index in [9.17, 15) is 4.79 Å². The van der Waals surface area contributed by atoms with Gasteiger partial charge in [-0.3, -0.25) is 4.79 Å². The number of aryl methyl sites for hydroxylation is 2. The van der Waals surface area contributed by atoms with Crippen LogP contribution in [0.15, 0.2) is 36.4 Å². The molecule has 1 amide bonds. The molecule has 0 aliphatic carbocycles. The fourth-order valence-electron chi connectivity index (χ4n) is 1.92. The topological polar surface area (TPSA) is 38.3 Å². The van der Waals surface area contributed by atoms with Gasteiger partial charge in [-0.05, 0) is 43.7 Å². The van der Waals surface area contributed by atoms with Crippen LogP contribution in [-0.4, -0.2) is 13.0 Å². The van der Waals surface area contributed by atoms with Gasteiger partial charge in [0.15, 0.2) is 0 Å². The van der Waals surface area contributed by atoms with E-state index in [2.05, 4.69) is 5.32 Å². The molecule has 2 aromatic rings. The highest BCUT2D eigenvalue weighted by molar-refractivity contribution is 6.31. The number of benzene rings is 2. The van der Waals surface area contributed by atoms with Crippen molar-refractivity contribution in [1.82, 2.24) is 0 Å². The summed E-state index contributed by atoms with van der Waals surface area (Å²) in [5.41, 5.74) is 3.16. The summed E-state index contributed by atoms with van der Waals surface area (Å²) < 4.78 is 5.23. The monoisotopic (exact) mass is 289 g/mol. The zero-order valence-corrected chi connectivity index (χ0v) is 12.4. The van der Waals surface area contributed by atoms with E-state index in [0.29, 0.717) is 22.0 Å². The summed E-state index contributed by atoms with van der Waals surface area (Å²) in [5.74, 6) is 0.337. The molecule has 0 atom stereocenters. The number of halogens is 1. The Morgan fingerprint density at radius 1 is 1.15 bits per heavy atom. The van der Waals surface area contributed by atoms with Crippen LogP contribution in [0.3, 0.4) is 0 Å². The molecule has 0 unspecified atom stereocenters. The van der Waals surface area contributed by atoms with Gasteiger partial charge in [-0.15, -0.1) is 0 Å². The number of hydrogen-bond acceptors (Lipinski definition) is 2. The van der Waals surface area contributed by atoms with E-state index in [-0.39, 0.29) is 5.91 Å². The summed E-state index contributed by atoms with van der Waals surface area (Å²) in [6, 6.07) is 10.9. The molecule has 0 aromatic heterocycles. The van der Waals surface area contributed by atoms with Gasteiger partial charge in [-0.1, -0.05) is 29.3 Å². The summed E-state index contributed by atoms with van der Waals surface area (Å²) in [6.45, 7) is 3.85. The first-order chi connectivity index (χ1) is 9.51. The van der Waals surface area contributed by atoms with Crippen LogP contribution in [-0.2, 0) is 0 Å². The molecule has 0 aliphatic heterocycles. The van der Waals surface area contributed by atoms with Crippen molar-refractivity contribution < 1.29 is 9.53 Å². The molecular weight excluding hydrogens is 274 g/mol. The zero-order chi connectivity index (χ0) is 14.7. The molecule has 0 heterocycles. The lowest BCUT2D eigenvalue weighted by molar-refractivity contribution is 0.102. The summed E-state index contributed by atoms with van der Waals surface area (Å²) in [7, 11) is 1.55. The lowest BCUT2D eigenvalue weighted by Crippen LogP contribution is -2.14. The van der Waals surface area contributed by atoms with Gasteiger partial charge < -0.3 is 10.1 Å². The van der Waals surface area contributed by atoms with E-state index in [1.165, 1.54) is 0 Å². The van der Waals surface area contributed by atoms with Gasteiger partial charge in [-0.25, -0.2) is 0 Å². The summed E-state index contributed by atoms with van der Waals surface area (Å²) in [6.07, 6.45) is 0. The molecule has 2 aromatic carbocycles. The predicted octanol–water partition coefficient (Wildman–Crippen LogP) is 4.22. The van der Waals surface area contributed by atoms with Crippen LogP contribution >= 0.6 is 11.6 Å². The molecular formula is C16H16ClNO2. The van der Waals surface area contributed by atoms with Crippen molar-refractivity contribution in [3.05, 3.63) is 58.1 Å². The number of ether oxygens (including phenoxy) is 1. The van der Waals surface area contributed by atoms with Gasteiger partial charge in [0.1, 0.15) is 5.75 Å². The Morgan fingerprint density at radius 2 is 1.90 bits per heavy atom. The first-order valence-electron chi connectivity index (χ1n) is 6.23. The van der Waals surface area contributed by atoms with E-state index >= 15 is 0 Å². The smallest absolute Gasteiger partial charge is 0.259 e. The van der Waals surface area contributed by atoms with E-state index in [1.54, 1.807) is 31.4 Å². The average molecular weight is 290 g/mol. The third-order valence-corrected chi connectivity index (χ3v) is 3.28. The highest BCUT2D eigenvalue weighted by atomic mass is 35.5. The molecule has 0 aliphatic rings. The van der Waals surface area contributed by atoms with Crippen molar-refractivity contribution in [3.8, 4) is 5.75 Å². The number of carbonyl (C=O) groups is 1. The second kappa shape index (κ2) is 5.97. The Kier molecular flexibility index (Phi) is 4.30. The number of hydrogen-bond donors (Lipinski definition) is 1. The molecule has 0 radical (unpaired) electrons. The van der Waals surface area contributed by atoms with Gasteiger partial charge >= 0.3 is 0 Å². The minimum absolute atomic E-state index is 0.212. The summed E-state index contributed by atoms with van der Waals surface area (Å²) in [4.78, 5) is 12.4. The maximum Gasteiger partial charge on any atom is 0.259 e. The fraction of sp³-hybridized carbons (Fsp3) is 0.188. The van der Waals surface area contributed by atoms with Crippen LogP contribution in [0.5, 0.6) is 5.75 Å². The van der Waals surface area contributed by atoms with Gasteiger partial charge in [0.2, 0.25) is 0 Å². The van der Waals surface area contributed by atoms with E-state index < -0.39 is 0 Å². The molecule has 0 saturated heterocycles. The molecule has 104 valence electrons. The second-order valence-electron chi connectivity index (χ2n) is 4.62. The molecule has 0 spiro atoms. The number of rotatable bonds is 3. The Labute approximate surface area is 123 Å². The Hall–Kier alpha value is -2.00. The van der Waals surface area contributed by atoms with Crippen LogP contribution in [0.4, 0.5) is 5.69 Å². The lowest BCUT2D eigenvalue weighted by Gasteiger charge is -2.12. The van der Waals surface area contributed by atoms with E-state index in [4.69, 9.17) is 16.3 Å². The van der Waals surface area contributed by atoms with Crippen molar-refractivity contribution in [1.29, 1.82) is 0 Å². The summed E-state index contributed by atoms with van der Waals surface area (Å²) >= 11 is 5.95. The molecule has 20 heavy (non-hydrogen) atoms. The van der Waals surface area contributed by atoms with Crippen molar-refractivity contribution in [3.63, 3.8) is 0 Å². The number of nitrogens with one attached hydrogen (secondary N) is 1. The number of anilines is 1. The lowest BCUT2D eigenvalue weighted by atomic mass is 10.1. The van der Waals surface area contributed by atoms with Crippen LogP contribution in [0.2, 0.25) is 5.02 Å². The van der Waals surface area contributed by atoms with Gasteiger partial charge in [0.05, 0.1) is 12.7 Å². The van der Waals surface area contributed by atoms with Crippen LogP contribution < -0.4 is 10.1 Å². The molecule has 0 bridgehead atoms. The molecule has 0 fully saturated rings. The van der Waals surface area contributed by atoms with Crippen molar-refractivity contribution in [2.75, 3.05) is 12.4 Å². The zero-order valence-electron chi connectivity index (χ0n) is 11.7. The highest BCUT2D eigenvalue weighted by Gasteiger charge is 2.13. The molecule has 3 nitrogen and oxygen atoms in total. The normalized spacial score (nSPS) is 10.2. The second-order valence-corrected chi connectivity index (χ2v) is 5.05. The van der Waals surface area contributed by atoms with Crippen LogP contribution in [0, 0.1) is 13.8 Å². The number of methoxy groups -OCH3 is 1. The molecule has 2 rings (SSSR count). The third kappa shape index (κ3) is 3.11. The first-order valence-corrected chi connectivity index (χ1v) is 6.61. The highest BCUT2D eigenvalue weighted by Crippen LogP contribution is 2.24. The Bertz CT molecular complexity index is 653. The Balaban J connectivity index is 2.32. The van der Waals surface area contributed by atoms with Crippen LogP contribution in [0.25, 0.3) is 0 Å². The Morgan fingerprint density at radius 3 is 2.60 bits per heavy atom. The van der Waals surface area contributed by atoms with Crippen molar-refractivity contribution in [2.45, 2.75) is 13.8 Å². The van der Waals surface area contributed by atoms with Gasteiger partial charge in [0.25, 0.3) is 5.91 Å². The summed E-state index contributed by atoms with van der Waals surface area (Å²) in [5, 5.41) is 3.45. The first kappa shape index (κ1) is 14.4. The largest absolute Gasteiger partial charge is 0.496 e. The number of carbonyl (C=O) groups excluding carboxylic acids is 1. The van der Waals surface area contributed by atoms with Gasteiger partial charge in [0, 0.05) is 10.7 Å². The van der Waals surface area contributed by atoms with Gasteiger partial charge in [-0.2, -0.15) is 0 Å². The van der Waals surface area contributed by atoms with Crippen molar-refractivity contribution in [2.24, 2.45) is 0 Å². The van der Waals surface area contributed by atoms with E-state index in [1.807, 2.05) is 26.0 Å². The fourth-order valence-corrected chi connectivity index (χ4v) is 2.09. The predicted molar refractivity (Wildman–Crippen MR) is 81.9 cm³/mol. The standard InChI is InChI=1S/C16H16ClNO2/c1-10-4-7-15(20-3)13(8-10)16(19)18-14-9-12(17)6-5-11(14)2/h4-9H,1-3H3,(H,18,19). The van der Waals surface area contributed by atoms with E-state index in [0.717, 1.165) is 11.1 Å². The third-order valence-electron chi connectivity index (χ3n) is 3.05. The maximum atomic E-state index is 12.4. The number of amides is 1. The molecule has 4 heteroatoms. The van der Waals surface area contributed by atoms with Crippen molar-refractivity contribution >= 4 is 23.2 Å². The average Bonchev–Trinajstić information content (AvgIpc) is 2.42. The maximum absolute atomic E-state index is 12.4. The molecule has 1 N–H and O–H groups in total. The minimum atomic E-state index is -0.212. The quantitative estimate of drug-likeness (QED) is 0.919. The SMILES string of the molecule is COc1ccc(C)cc1C(=O)Nc1cc(Cl)ccc1C. The minimum Gasteiger partial charge on any atom is -0.496 e. The van der Waals surface area contributed by atoms with Crippen LogP contribution in [0.1, 0.15) is 21.5 Å².